The molecule has 1 aromatic heterocycles. The highest BCUT2D eigenvalue weighted by molar-refractivity contribution is 6.74. The standard InChI is InChI=1S/C20H31N3O5Si/c1-14(28-29(8,9)20(5,6)7)16(22-21)17(24)26-13-15-11-10-12-23(15)18(25)27-19(2,3)4/h10-12H,1,13H2,2-9H3/p+1/b17-16-. The monoisotopic (exact) mass is 422 g/mol. The zero-order valence-corrected chi connectivity index (χ0v) is 19.6. The van der Waals surface area contributed by atoms with Gasteiger partial charge in [-0.25, -0.2) is 4.79 Å². The Balaban J connectivity index is 2.95. The summed E-state index contributed by atoms with van der Waals surface area (Å²) in [6.45, 7) is 19.0. The number of aliphatic hydroxyl groups excluding tert-OH is 1. The molecule has 1 aromatic rings. The molecule has 0 aromatic carbocycles. The lowest BCUT2D eigenvalue weighted by Gasteiger charge is -2.35. The molecule has 0 bridgehead atoms. The molecule has 0 aliphatic heterocycles. The molecule has 0 radical (unpaired) electrons. The van der Waals surface area contributed by atoms with Gasteiger partial charge in [0, 0.05) is 6.20 Å². The topological polar surface area (TPSA) is 98.1 Å². The summed E-state index contributed by atoms with van der Waals surface area (Å²) in [5.41, 5.74) is -0.507. The first-order chi connectivity index (χ1) is 13.1. The molecule has 0 saturated heterocycles. The molecule has 0 unspecified atom stereocenters. The van der Waals surface area contributed by atoms with Crippen LogP contribution in [0.4, 0.5) is 4.79 Å². The molecule has 1 rings (SSSR count). The van der Waals surface area contributed by atoms with Gasteiger partial charge in [0.1, 0.15) is 12.2 Å². The van der Waals surface area contributed by atoms with Gasteiger partial charge in [-0.3, -0.25) is 4.57 Å². The van der Waals surface area contributed by atoms with Crippen molar-refractivity contribution >= 4 is 14.4 Å². The van der Waals surface area contributed by atoms with E-state index >= 15 is 0 Å². The lowest BCUT2D eigenvalue weighted by atomic mass is 10.2. The number of carbonyl (C=O) groups excluding carboxylic acids is 1. The summed E-state index contributed by atoms with van der Waals surface area (Å²) in [5, 5.41) is 19.5. The van der Waals surface area contributed by atoms with Gasteiger partial charge in [-0.2, -0.15) is 0 Å². The van der Waals surface area contributed by atoms with Crippen molar-refractivity contribution in [2.75, 3.05) is 0 Å². The van der Waals surface area contributed by atoms with E-state index < -0.39 is 26.0 Å². The fraction of sp³-hybridized carbons (Fsp3) is 0.550. The van der Waals surface area contributed by atoms with Gasteiger partial charge < -0.3 is 19.0 Å². The quantitative estimate of drug-likeness (QED) is 0.265. The van der Waals surface area contributed by atoms with Crippen LogP contribution in [0.5, 0.6) is 0 Å². The highest BCUT2D eigenvalue weighted by Gasteiger charge is 2.42. The number of carbonyl (C=O) groups is 1. The van der Waals surface area contributed by atoms with Crippen LogP contribution in [0, 0.1) is 5.39 Å². The molecule has 1 heterocycles. The maximum absolute atomic E-state index is 12.3. The van der Waals surface area contributed by atoms with Crippen molar-refractivity contribution in [1.29, 1.82) is 5.39 Å². The van der Waals surface area contributed by atoms with Crippen LogP contribution in [0.15, 0.2) is 42.3 Å². The van der Waals surface area contributed by atoms with Crippen molar-refractivity contribution in [1.82, 2.24) is 4.57 Å². The Morgan fingerprint density at radius 2 is 1.86 bits per heavy atom. The Kier molecular flexibility index (Phi) is 7.32. The summed E-state index contributed by atoms with van der Waals surface area (Å²) in [7, 11) is -2.25. The fourth-order valence-electron chi connectivity index (χ4n) is 1.96. The number of rotatable bonds is 6. The van der Waals surface area contributed by atoms with Gasteiger partial charge in [-0.05, 0) is 57.6 Å². The number of diazo groups is 1. The largest absolute Gasteiger partial charge is 0.538 e. The third kappa shape index (κ3) is 6.68. The minimum atomic E-state index is -2.25. The van der Waals surface area contributed by atoms with Crippen LogP contribution < -0.4 is 0 Å². The summed E-state index contributed by atoms with van der Waals surface area (Å²) in [4.78, 5) is 15.3. The molecule has 0 saturated carbocycles. The molecule has 0 fully saturated rings. The minimum absolute atomic E-state index is 0.0131. The van der Waals surface area contributed by atoms with Crippen LogP contribution in [-0.2, 0) is 20.5 Å². The minimum Gasteiger partial charge on any atom is -0.538 e. The highest BCUT2D eigenvalue weighted by Crippen LogP contribution is 2.39. The Labute approximate surface area is 173 Å². The van der Waals surface area contributed by atoms with E-state index in [2.05, 4.69) is 11.6 Å². The number of nitrogens with zero attached hydrogens (tertiary/aromatic N) is 3. The van der Waals surface area contributed by atoms with Crippen molar-refractivity contribution in [3.8, 4) is 0 Å². The molecular formula is C20H32N3O5Si+. The van der Waals surface area contributed by atoms with Crippen molar-refractivity contribution in [2.45, 2.75) is 71.9 Å². The molecule has 9 heteroatoms. The summed E-state index contributed by atoms with van der Waals surface area (Å²) in [6, 6.07) is 3.30. The summed E-state index contributed by atoms with van der Waals surface area (Å²) >= 11 is 0. The molecule has 160 valence electrons. The Bertz CT molecular complexity index is 836. The predicted molar refractivity (Wildman–Crippen MR) is 113 cm³/mol. The average Bonchev–Trinajstić information content (AvgIpc) is 2.99. The van der Waals surface area contributed by atoms with Gasteiger partial charge in [0.2, 0.25) is 11.2 Å². The van der Waals surface area contributed by atoms with Gasteiger partial charge in [0.15, 0.2) is 4.98 Å². The SMILES string of the molecule is C=C(O[Si](C)(C)C(C)(C)C)/C([N+]#N)=C(\O)OCc1cccn1C(=O)OC(C)(C)C. The third-order valence-corrected chi connectivity index (χ3v) is 8.90. The van der Waals surface area contributed by atoms with E-state index in [0.29, 0.717) is 5.69 Å². The first-order valence-electron chi connectivity index (χ1n) is 9.28. The summed E-state index contributed by atoms with van der Waals surface area (Å²) < 4.78 is 17.9. The van der Waals surface area contributed by atoms with Crippen LogP contribution in [-0.4, -0.2) is 29.7 Å². The maximum Gasteiger partial charge on any atom is 0.503 e. The number of aromatic nitrogens is 1. The Morgan fingerprint density at radius 1 is 1.28 bits per heavy atom. The average molecular weight is 423 g/mol. The van der Waals surface area contributed by atoms with Gasteiger partial charge >= 0.3 is 17.7 Å². The van der Waals surface area contributed by atoms with Gasteiger partial charge in [-0.1, -0.05) is 20.8 Å². The number of hydrogen-bond donors (Lipinski definition) is 1. The first-order valence-corrected chi connectivity index (χ1v) is 12.2. The summed E-state index contributed by atoms with van der Waals surface area (Å²) in [5.74, 6) is -0.646. The number of ether oxygens (including phenoxy) is 2. The molecule has 0 aliphatic carbocycles. The van der Waals surface area contributed by atoms with Gasteiger partial charge in [0.05, 0.1) is 5.69 Å². The van der Waals surface area contributed by atoms with Crippen LogP contribution in [0.3, 0.4) is 0 Å². The van der Waals surface area contributed by atoms with E-state index in [9.17, 15) is 15.3 Å². The van der Waals surface area contributed by atoms with Crippen LogP contribution in [0.25, 0.3) is 4.98 Å². The van der Waals surface area contributed by atoms with E-state index in [1.165, 1.54) is 10.8 Å². The fourth-order valence-corrected chi connectivity index (χ4v) is 2.98. The second kappa shape index (κ2) is 8.74. The van der Waals surface area contributed by atoms with Crippen molar-refractivity contribution in [2.24, 2.45) is 0 Å². The van der Waals surface area contributed by atoms with Crippen molar-refractivity contribution in [3.05, 3.63) is 53.0 Å². The van der Waals surface area contributed by atoms with E-state index in [1.54, 1.807) is 32.9 Å². The second-order valence-corrected chi connectivity index (χ2v) is 13.9. The molecule has 0 amide bonds. The molecule has 0 aliphatic rings. The molecule has 29 heavy (non-hydrogen) atoms. The van der Waals surface area contributed by atoms with Crippen LogP contribution in [0.1, 0.15) is 47.2 Å². The normalized spacial score (nSPS) is 13.2. The number of hydrogen-bond acceptors (Lipinski definition) is 6. The second-order valence-electron chi connectivity index (χ2n) is 9.18. The van der Waals surface area contributed by atoms with Crippen molar-refractivity contribution < 1.29 is 23.8 Å². The smallest absolute Gasteiger partial charge is 0.503 e. The molecule has 0 spiro atoms. The van der Waals surface area contributed by atoms with E-state index in [0.717, 1.165) is 0 Å². The number of aliphatic hydroxyl groups is 1. The maximum atomic E-state index is 12.3. The lowest BCUT2D eigenvalue weighted by molar-refractivity contribution is 0.0488. The highest BCUT2D eigenvalue weighted by atomic mass is 28.4. The zero-order valence-electron chi connectivity index (χ0n) is 18.6. The first kappa shape index (κ1) is 24.3. The van der Waals surface area contributed by atoms with E-state index in [1.807, 2.05) is 33.9 Å². The molecular weight excluding hydrogens is 390 g/mol. The third-order valence-electron chi connectivity index (χ3n) is 4.53. The summed E-state index contributed by atoms with van der Waals surface area (Å²) in [6.07, 6.45) is 0.965. The molecule has 0 atom stereocenters. The molecule has 8 nitrogen and oxygen atoms in total. The van der Waals surface area contributed by atoms with Gasteiger partial charge in [0.25, 0.3) is 8.32 Å². The van der Waals surface area contributed by atoms with E-state index in [4.69, 9.17) is 13.9 Å². The van der Waals surface area contributed by atoms with E-state index in [-0.39, 0.29) is 23.1 Å². The Hall–Kier alpha value is -2.73. The van der Waals surface area contributed by atoms with Crippen molar-refractivity contribution in [3.63, 3.8) is 0 Å². The zero-order chi connectivity index (χ0) is 22.6. The van der Waals surface area contributed by atoms with Crippen LogP contribution in [0.2, 0.25) is 18.1 Å². The lowest BCUT2D eigenvalue weighted by Crippen LogP contribution is -2.40. The Morgan fingerprint density at radius 3 is 2.34 bits per heavy atom. The van der Waals surface area contributed by atoms with Gasteiger partial charge in [-0.15, -0.1) is 0 Å². The predicted octanol–water partition coefficient (Wildman–Crippen LogP) is 5.90. The van der Waals surface area contributed by atoms with Crippen LogP contribution >= 0.6 is 0 Å². The molecule has 1 N–H and O–H groups in total.